The molecule has 0 radical (unpaired) electrons. The quantitative estimate of drug-likeness (QED) is 0.751. The molecule has 1 aromatic rings. The Bertz CT molecular complexity index is 397. The molecule has 0 N–H and O–H groups in total. The largest absolute Gasteiger partial charge is 0.458 e. The second-order valence-electron chi connectivity index (χ2n) is 5.05. The van der Waals surface area contributed by atoms with Crippen LogP contribution in [0.5, 0.6) is 0 Å². The van der Waals surface area contributed by atoms with Crippen molar-refractivity contribution in [3.05, 3.63) is 35.9 Å². The Morgan fingerprint density at radius 1 is 1.35 bits per heavy atom. The van der Waals surface area contributed by atoms with Crippen LogP contribution in [0.3, 0.4) is 0 Å². The maximum absolute atomic E-state index is 11.3. The van der Waals surface area contributed by atoms with Crippen molar-refractivity contribution in [2.24, 2.45) is 5.41 Å². The van der Waals surface area contributed by atoms with Gasteiger partial charge in [0.15, 0.2) is 0 Å². The van der Waals surface area contributed by atoms with Crippen LogP contribution in [-0.4, -0.2) is 18.2 Å². The van der Waals surface area contributed by atoms with Crippen LogP contribution in [0.2, 0.25) is 0 Å². The Labute approximate surface area is 102 Å². The van der Waals surface area contributed by atoms with E-state index < -0.39 is 5.41 Å². The van der Waals surface area contributed by atoms with Gasteiger partial charge in [0, 0.05) is 0 Å². The Morgan fingerprint density at radius 3 is 2.53 bits per heavy atom. The molecule has 0 amide bonds. The predicted molar refractivity (Wildman–Crippen MR) is 64.4 cm³/mol. The Morgan fingerprint density at radius 2 is 2.00 bits per heavy atom. The number of rotatable bonds is 4. The highest BCUT2D eigenvalue weighted by molar-refractivity contribution is 5.82. The minimum atomic E-state index is -0.421. The maximum Gasteiger partial charge on any atom is 0.315 e. The molecule has 0 bridgehead atoms. The molecular weight excluding hydrogens is 216 g/mol. The van der Waals surface area contributed by atoms with Crippen molar-refractivity contribution in [1.29, 1.82) is 0 Å². The Hall–Kier alpha value is -1.35. The molecule has 1 aliphatic rings. The summed E-state index contributed by atoms with van der Waals surface area (Å²) in [6, 6.07) is 9.98. The first-order chi connectivity index (χ1) is 8.01. The lowest BCUT2D eigenvalue weighted by Crippen LogP contribution is -2.58. The molecule has 0 spiro atoms. The van der Waals surface area contributed by atoms with Crippen LogP contribution in [-0.2, 0) is 20.9 Å². The summed E-state index contributed by atoms with van der Waals surface area (Å²) in [5.74, 6) is -0.141. The first-order valence-electron chi connectivity index (χ1n) is 5.88. The van der Waals surface area contributed by atoms with E-state index in [1.165, 1.54) is 0 Å². The fourth-order valence-corrected chi connectivity index (χ4v) is 2.04. The number of benzene rings is 1. The molecule has 2 rings (SSSR count). The highest BCUT2D eigenvalue weighted by Crippen LogP contribution is 2.38. The van der Waals surface area contributed by atoms with Crippen LogP contribution >= 0.6 is 0 Å². The number of ether oxygens (including phenoxy) is 2. The van der Waals surface area contributed by atoms with Crippen molar-refractivity contribution in [3.63, 3.8) is 0 Å². The van der Waals surface area contributed by atoms with Gasteiger partial charge < -0.3 is 9.47 Å². The minimum Gasteiger partial charge on any atom is -0.458 e. The van der Waals surface area contributed by atoms with Gasteiger partial charge in [0.05, 0.1) is 12.7 Å². The zero-order chi connectivity index (χ0) is 12.5. The van der Waals surface area contributed by atoms with E-state index in [1.54, 1.807) is 0 Å². The number of carbonyl (C=O) groups excluding carboxylic acids is 1. The number of carbonyl (C=O) groups is 1. The van der Waals surface area contributed by atoms with Crippen LogP contribution in [0.4, 0.5) is 0 Å². The predicted octanol–water partition coefficient (Wildman–Crippen LogP) is 2.54. The summed E-state index contributed by atoms with van der Waals surface area (Å²) in [7, 11) is 0. The van der Waals surface area contributed by atoms with Crippen LogP contribution < -0.4 is 0 Å². The van der Waals surface area contributed by atoms with Gasteiger partial charge >= 0.3 is 5.97 Å². The van der Waals surface area contributed by atoms with Gasteiger partial charge in [-0.2, -0.15) is 0 Å². The fourth-order valence-electron chi connectivity index (χ4n) is 2.04. The number of cyclic esters (lactones) is 1. The summed E-state index contributed by atoms with van der Waals surface area (Å²) < 4.78 is 10.9. The summed E-state index contributed by atoms with van der Waals surface area (Å²) in [4.78, 5) is 11.3. The summed E-state index contributed by atoms with van der Waals surface area (Å²) in [6.45, 7) is 6.28. The first kappa shape index (κ1) is 12.1. The zero-order valence-electron chi connectivity index (χ0n) is 10.5. The van der Waals surface area contributed by atoms with Crippen LogP contribution in [0.1, 0.15) is 26.3 Å². The molecule has 0 aliphatic carbocycles. The standard InChI is InChI=1S/C14H18O3/c1-10(12-14(2,3)13(15)17-12)16-9-11-7-5-4-6-8-11/h4-8,10,12H,9H2,1-3H3/t10-,12+/m0/s1. The van der Waals surface area contributed by atoms with E-state index in [1.807, 2.05) is 51.1 Å². The van der Waals surface area contributed by atoms with Gasteiger partial charge in [-0.15, -0.1) is 0 Å². The first-order valence-corrected chi connectivity index (χ1v) is 5.88. The normalized spacial score (nSPS) is 23.7. The highest BCUT2D eigenvalue weighted by atomic mass is 16.6. The van der Waals surface area contributed by atoms with Crippen molar-refractivity contribution < 1.29 is 14.3 Å². The monoisotopic (exact) mass is 234 g/mol. The topological polar surface area (TPSA) is 35.5 Å². The lowest BCUT2D eigenvalue weighted by molar-refractivity contribution is -0.221. The lowest BCUT2D eigenvalue weighted by atomic mass is 9.79. The van der Waals surface area contributed by atoms with E-state index >= 15 is 0 Å². The van der Waals surface area contributed by atoms with Gasteiger partial charge in [-0.25, -0.2) is 0 Å². The summed E-state index contributed by atoms with van der Waals surface area (Å²) in [5, 5.41) is 0. The minimum absolute atomic E-state index is 0.0806. The van der Waals surface area contributed by atoms with Crippen molar-refractivity contribution >= 4 is 5.97 Å². The Kier molecular flexibility index (Phi) is 3.20. The van der Waals surface area contributed by atoms with Crippen molar-refractivity contribution in [1.82, 2.24) is 0 Å². The van der Waals surface area contributed by atoms with Gasteiger partial charge in [-0.05, 0) is 26.3 Å². The van der Waals surface area contributed by atoms with Gasteiger partial charge in [0.1, 0.15) is 11.5 Å². The second kappa shape index (κ2) is 4.49. The third kappa shape index (κ3) is 2.34. The SMILES string of the molecule is C[C@H](OCc1ccccc1)[C@H]1OC(=O)C1(C)C. The van der Waals surface area contributed by atoms with Crippen molar-refractivity contribution in [3.8, 4) is 0 Å². The average Bonchev–Trinajstić information content (AvgIpc) is 2.34. The van der Waals surface area contributed by atoms with E-state index in [4.69, 9.17) is 9.47 Å². The van der Waals surface area contributed by atoms with Crippen LogP contribution in [0.25, 0.3) is 0 Å². The smallest absolute Gasteiger partial charge is 0.315 e. The molecule has 3 heteroatoms. The summed E-state index contributed by atoms with van der Waals surface area (Å²) in [5.41, 5.74) is 0.707. The summed E-state index contributed by atoms with van der Waals surface area (Å²) in [6.07, 6.45) is -0.221. The lowest BCUT2D eigenvalue weighted by Gasteiger charge is -2.44. The molecule has 1 fully saturated rings. The van der Waals surface area contributed by atoms with Crippen LogP contribution in [0, 0.1) is 5.41 Å². The molecule has 2 atom stereocenters. The van der Waals surface area contributed by atoms with E-state index in [2.05, 4.69) is 0 Å². The molecular formula is C14H18O3. The summed E-state index contributed by atoms with van der Waals surface area (Å²) >= 11 is 0. The van der Waals surface area contributed by atoms with E-state index in [9.17, 15) is 4.79 Å². The molecule has 92 valence electrons. The third-order valence-electron chi connectivity index (χ3n) is 3.25. The van der Waals surface area contributed by atoms with Crippen molar-refractivity contribution in [2.75, 3.05) is 0 Å². The van der Waals surface area contributed by atoms with E-state index in [0.717, 1.165) is 5.56 Å². The molecule has 1 heterocycles. The van der Waals surface area contributed by atoms with Crippen molar-refractivity contribution in [2.45, 2.75) is 39.6 Å². The van der Waals surface area contributed by atoms with Gasteiger partial charge in [0.2, 0.25) is 0 Å². The van der Waals surface area contributed by atoms with Gasteiger partial charge in [-0.3, -0.25) is 4.79 Å². The third-order valence-corrected chi connectivity index (χ3v) is 3.25. The molecule has 17 heavy (non-hydrogen) atoms. The highest BCUT2D eigenvalue weighted by Gasteiger charge is 2.53. The van der Waals surface area contributed by atoms with E-state index in [0.29, 0.717) is 6.61 Å². The molecule has 0 unspecified atom stereocenters. The molecule has 3 nitrogen and oxygen atoms in total. The van der Waals surface area contributed by atoms with Crippen LogP contribution in [0.15, 0.2) is 30.3 Å². The Balaban J connectivity index is 1.87. The molecule has 1 aromatic carbocycles. The van der Waals surface area contributed by atoms with Gasteiger partial charge in [0.25, 0.3) is 0 Å². The van der Waals surface area contributed by atoms with E-state index in [-0.39, 0.29) is 18.2 Å². The number of esters is 1. The number of hydrogen-bond donors (Lipinski definition) is 0. The molecule has 0 saturated carbocycles. The van der Waals surface area contributed by atoms with Gasteiger partial charge in [-0.1, -0.05) is 30.3 Å². The maximum atomic E-state index is 11.3. The molecule has 0 aromatic heterocycles. The fraction of sp³-hybridized carbons (Fsp3) is 0.500. The molecule has 1 aliphatic heterocycles. The number of hydrogen-bond acceptors (Lipinski definition) is 3. The average molecular weight is 234 g/mol. The zero-order valence-corrected chi connectivity index (χ0v) is 10.5. The molecule has 1 saturated heterocycles. The second-order valence-corrected chi connectivity index (χ2v) is 5.05.